The zero-order valence-electron chi connectivity index (χ0n) is 12.4. The SMILES string of the molecule is Cc1cc(C)c2c(c1)N(C(=O)C1CCC(=O)NC1)CCO2. The number of fused-ring (bicyclic) bond motifs is 1. The van der Waals surface area contributed by atoms with E-state index < -0.39 is 0 Å². The Morgan fingerprint density at radius 1 is 1.38 bits per heavy atom. The molecule has 0 saturated carbocycles. The number of anilines is 1. The number of rotatable bonds is 1. The van der Waals surface area contributed by atoms with Gasteiger partial charge in [0, 0.05) is 13.0 Å². The van der Waals surface area contributed by atoms with E-state index in [1.54, 1.807) is 0 Å². The molecule has 2 aliphatic heterocycles. The molecule has 0 radical (unpaired) electrons. The van der Waals surface area contributed by atoms with Crippen molar-refractivity contribution in [1.29, 1.82) is 0 Å². The van der Waals surface area contributed by atoms with E-state index in [1.807, 2.05) is 24.8 Å². The van der Waals surface area contributed by atoms with Crippen LogP contribution in [0.3, 0.4) is 0 Å². The van der Waals surface area contributed by atoms with Crippen LogP contribution in [0.1, 0.15) is 24.0 Å². The minimum atomic E-state index is -0.130. The average molecular weight is 288 g/mol. The van der Waals surface area contributed by atoms with E-state index in [1.165, 1.54) is 0 Å². The summed E-state index contributed by atoms with van der Waals surface area (Å²) in [5.74, 6) is 0.798. The van der Waals surface area contributed by atoms with Crippen LogP contribution in [0.2, 0.25) is 0 Å². The maximum atomic E-state index is 12.8. The molecule has 2 amide bonds. The lowest BCUT2D eigenvalue weighted by Crippen LogP contribution is -2.47. The van der Waals surface area contributed by atoms with Gasteiger partial charge in [0.05, 0.1) is 18.2 Å². The topological polar surface area (TPSA) is 58.6 Å². The van der Waals surface area contributed by atoms with E-state index in [9.17, 15) is 9.59 Å². The van der Waals surface area contributed by atoms with Crippen molar-refractivity contribution in [3.63, 3.8) is 0 Å². The standard InChI is InChI=1S/C16H20N2O3/c1-10-7-11(2)15-13(8-10)18(5-6-21-15)16(20)12-3-4-14(19)17-9-12/h7-8,12H,3-6,9H2,1-2H3,(H,17,19). The van der Waals surface area contributed by atoms with Gasteiger partial charge in [-0.05, 0) is 37.5 Å². The van der Waals surface area contributed by atoms with E-state index in [-0.39, 0.29) is 17.7 Å². The molecule has 3 rings (SSSR count). The molecule has 1 saturated heterocycles. The molecule has 1 fully saturated rings. The predicted molar refractivity (Wildman–Crippen MR) is 79.5 cm³/mol. The number of aryl methyl sites for hydroxylation is 2. The Bertz CT molecular complexity index is 587. The van der Waals surface area contributed by atoms with E-state index in [0.29, 0.717) is 32.5 Å². The van der Waals surface area contributed by atoms with E-state index >= 15 is 0 Å². The van der Waals surface area contributed by atoms with Gasteiger partial charge in [0.15, 0.2) is 0 Å². The van der Waals surface area contributed by atoms with Crippen LogP contribution in [-0.4, -0.2) is 31.5 Å². The lowest BCUT2D eigenvalue weighted by atomic mass is 9.96. The molecule has 1 unspecified atom stereocenters. The first-order valence-corrected chi connectivity index (χ1v) is 7.38. The maximum Gasteiger partial charge on any atom is 0.232 e. The van der Waals surface area contributed by atoms with Gasteiger partial charge in [0.2, 0.25) is 11.8 Å². The minimum Gasteiger partial charge on any atom is -0.489 e. The van der Waals surface area contributed by atoms with Crippen LogP contribution in [-0.2, 0) is 9.59 Å². The Morgan fingerprint density at radius 3 is 2.90 bits per heavy atom. The molecule has 5 nitrogen and oxygen atoms in total. The van der Waals surface area contributed by atoms with Crippen molar-refractivity contribution in [1.82, 2.24) is 5.32 Å². The first-order valence-electron chi connectivity index (χ1n) is 7.38. The highest BCUT2D eigenvalue weighted by molar-refractivity contribution is 5.98. The summed E-state index contributed by atoms with van der Waals surface area (Å²) >= 11 is 0. The van der Waals surface area contributed by atoms with Gasteiger partial charge < -0.3 is 15.0 Å². The Kier molecular flexibility index (Phi) is 3.57. The van der Waals surface area contributed by atoms with Gasteiger partial charge in [-0.25, -0.2) is 0 Å². The lowest BCUT2D eigenvalue weighted by Gasteiger charge is -2.34. The van der Waals surface area contributed by atoms with Crippen LogP contribution < -0.4 is 15.0 Å². The summed E-state index contributed by atoms with van der Waals surface area (Å²) in [6, 6.07) is 4.06. The fraction of sp³-hybridized carbons (Fsp3) is 0.500. The third-order valence-corrected chi connectivity index (χ3v) is 4.13. The zero-order valence-corrected chi connectivity index (χ0v) is 12.4. The van der Waals surface area contributed by atoms with Gasteiger partial charge in [-0.15, -0.1) is 0 Å². The molecule has 2 heterocycles. The summed E-state index contributed by atoms with van der Waals surface area (Å²) < 4.78 is 5.73. The number of ether oxygens (including phenoxy) is 1. The second kappa shape index (κ2) is 5.39. The van der Waals surface area contributed by atoms with Crippen LogP contribution in [0.25, 0.3) is 0 Å². The highest BCUT2D eigenvalue weighted by Gasteiger charge is 2.32. The lowest BCUT2D eigenvalue weighted by molar-refractivity contribution is -0.127. The average Bonchev–Trinajstić information content (AvgIpc) is 2.46. The van der Waals surface area contributed by atoms with Crippen molar-refractivity contribution < 1.29 is 14.3 Å². The number of carbonyl (C=O) groups excluding carboxylic acids is 2. The van der Waals surface area contributed by atoms with Gasteiger partial charge in [-0.1, -0.05) is 6.07 Å². The van der Waals surface area contributed by atoms with Crippen molar-refractivity contribution in [2.45, 2.75) is 26.7 Å². The number of benzene rings is 1. The van der Waals surface area contributed by atoms with E-state index in [0.717, 1.165) is 22.6 Å². The van der Waals surface area contributed by atoms with Crippen molar-refractivity contribution >= 4 is 17.5 Å². The Labute approximate surface area is 124 Å². The summed E-state index contributed by atoms with van der Waals surface area (Å²) in [5, 5.41) is 2.78. The largest absolute Gasteiger partial charge is 0.489 e. The molecule has 1 N–H and O–H groups in total. The molecule has 0 spiro atoms. The summed E-state index contributed by atoms with van der Waals surface area (Å²) in [7, 11) is 0. The summed E-state index contributed by atoms with van der Waals surface area (Å²) in [6.07, 6.45) is 1.06. The molecule has 0 aliphatic carbocycles. The first kappa shape index (κ1) is 13.9. The quantitative estimate of drug-likeness (QED) is 0.853. The number of nitrogens with one attached hydrogen (secondary N) is 1. The summed E-state index contributed by atoms with van der Waals surface area (Å²) in [6.45, 7) is 5.54. The third kappa shape index (κ3) is 2.60. The number of hydrogen-bond donors (Lipinski definition) is 1. The Morgan fingerprint density at radius 2 is 2.19 bits per heavy atom. The van der Waals surface area contributed by atoms with Crippen molar-refractivity contribution in [3.8, 4) is 5.75 Å². The van der Waals surface area contributed by atoms with Crippen molar-refractivity contribution in [2.75, 3.05) is 24.6 Å². The van der Waals surface area contributed by atoms with Crippen molar-refractivity contribution in [2.24, 2.45) is 5.92 Å². The molecular formula is C16H20N2O3. The number of piperidine rings is 1. The molecule has 21 heavy (non-hydrogen) atoms. The highest BCUT2D eigenvalue weighted by atomic mass is 16.5. The van der Waals surface area contributed by atoms with Crippen molar-refractivity contribution in [3.05, 3.63) is 23.3 Å². The van der Waals surface area contributed by atoms with E-state index in [4.69, 9.17) is 4.74 Å². The first-order chi connectivity index (χ1) is 10.1. The molecule has 112 valence electrons. The van der Waals surface area contributed by atoms with Crippen LogP contribution >= 0.6 is 0 Å². The third-order valence-electron chi connectivity index (χ3n) is 4.13. The smallest absolute Gasteiger partial charge is 0.232 e. The van der Waals surface area contributed by atoms with Crippen LogP contribution in [0.5, 0.6) is 5.75 Å². The molecule has 1 aromatic carbocycles. The summed E-state index contributed by atoms with van der Waals surface area (Å²) in [4.78, 5) is 25.8. The maximum absolute atomic E-state index is 12.8. The Balaban J connectivity index is 1.88. The highest BCUT2D eigenvalue weighted by Crippen LogP contribution is 2.36. The molecular weight excluding hydrogens is 268 g/mol. The Hall–Kier alpha value is -2.04. The van der Waals surface area contributed by atoms with Gasteiger partial charge >= 0.3 is 0 Å². The van der Waals surface area contributed by atoms with Crippen LogP contribution in [0.4, 0.5) is 5.69 Å². The fourth-order valence-corrected chi connectivity index (χ4v) is 3.07. The number of hydrogen-bond acceptors (Lipinski definition) is 3. The minimum absolute atomic E-state index is 0.0353. The molecule has 5 heteroatoms. The second-order valence-corrected chi connectivity index (χ2v) is 5.81. The number of nitrogens with zero attached hydrogens (tertiary/aromatic N) is 1. The molecule has 1 aromatic rings. The van der Waals surface area contributed by atoms with Crippen LogP contribution in [0.15, 0.2) is 12.1 Å². The van der Waals surface area contributed by atoms with E-state index in [2.05, 4.69) is 11.4 Å². The second-order valence-electron chi connectivity index (χ2n) is 5.81. The monoisotopic (exact) mass is 288 g/mol. The van der Waals surface area contributed by atoms with Gasteiger partial charge in [-0.3, -0.25) is 9.59 Å². The number of amides is 2. The van der Waals surface area contributed by atoms with Gasteiger partial charge in [0.1, 0.15) is 12.4 Å². The molecule has 1 atom stereocenters. The summed E-state index contributed by atoms with van der Waals surface area (Å²) in [5.41, 5.74) is 3.03. The number of carbonyl (C=O) groups is 2. The molecule has 0 aromatic heterocycles. The van der Waals surface area contributed by atoms with Crippen LogP contribution in [0, 0.1) is 19.8 Å². The molecule has 0 bridgehead atoms. The zero-order chi connectivity index (χ0) is 15.0. The normalized spacial score (nSPS) is 21.3. The van der Waals surface area contributed by atoms with Gasteiger partial charge in [-0.2, -0.15) is 0 Å². The van der Waals surface area contributed by atoms with Gasteiger partial charge in [0.25, 0.3) is 0 Å². The molecule has 2 aliphatic rings. The fourth-order valence-electron chi connectivity index (χ4n) is 3.07. The predicted octanol–water partition coefficient (Wildman–Crippen LogP) is 1.56.